The molecule has 2 heterocycles. The van der Waals surface area contributed by atoms with E-state index < -0.39 is 41.1 Å². The van der Waals surface area contributed by atoms with Crippen LogP contribution < -0.4 is 0 Å². The third-order valence-electron chi connectivity index (χ3n) is 4.48. The highest BCUT2D eigenvalue weighted by molar-refractivity contribution is 7.93. The van der Waals surface area contributed by atoms with Crippen LogP contribution in [0, 0.1) is 0 Å². The lowest BCUT2D eigenvalue weighted by Gasteiger charge is -2.50. The van der Waals surface area contributed by atoms with Gasteiger partial charge in [-0.1, -0.05) is 0 Å². The molecule has 118 valence electrons. The van der Waals surface area contributed by atoms with Gasteiger partial charge in [-0.25, -0.2) is 16.8 Å². The first kappa shape index (κ1) is 16.2. The highest BCUT2D eigenvalue weighted by atomic mass is 32.2. The van der Waals surface area contributed by atoms with E-state index in [-0.39, 0.29) is 13.2 Å². The maximum absolute atomic E-state index is 12.6. The second kappa shape index (κ2) is 4.93. The molecule has 0 saturated carbocycles. The number of nitrogens with zero attached hydrogens (tertiary/aromatic N) is 1. The van der Waals surface area contributed by atoms with Crippen LogP contribution in [-0.2, 0) is 24.6 Å². The van der Waals surface area contributed by atoms with Crippen LogP contribution in [-0.4, -0.2) is 62.2 Å². The molecule has 8 heteroatoms. The van der Waals surface area contributed by atoms with Crippen LogP contribution in [0.3, 0.4) is 0 Å². The van der Waals surface area contributed by atoms with Crippen molar-refractivity contribution < 1.29 is 21.6 Å². The molecule has 0 aliphatic carbocycles. The molecule has 0 spiro atoms. The van der Waals surface area contributed by atoms with Gasteiger partial charge in [-0.3, -0.25) is 0 Å². The summed E-state index contributed by atoms with van der Waals surface area (Å²) in [6, 6.07) is -0.472. The lowest BCUT2D eigenvalue weighted by molar-refractivity contribution is 0.0393. The lowest BCUT2D eigenvalue weighted by Crippen LogP contribution is -2.66. The first-order valence-corrected chi connectivity index (χ1v) is 9.89. The Hall–Kier alpha value is -0.180. The Labute approximate surface area is 121 Å². The molecule has 0 aromatic rings. The van der Waals surface area contributed by atoms with Gasteiger partial charge in [0.1, 0.15) is 5.25 Å². The molecule has 2 saturated heterocycles. The topological polar surface area (TPSA) is 80.8 Å². The SMILES string of the molecule is CC(C)S(=O)(=O)N1CCC1C(C)(C)S(=O)(=O)C1COC1. The molecule has 2 rings (SSSR count). The average molecular weight is 325 g/mol. The van der Waals surface area contributed by atoms with E-state index in [1.807, 2.05) is 0 Å². The van der Waals surface area contributed by atoms with Crippen LogP contribution in [0.2, 0.25) is 0 Å². The van der Waals surface area contributed by atoms with Crippen molar-refractivity contribution in [2.75, 3.05) is 19.8 Å². The molecule has 6 nitrogen and oxygen atoms in total. The van der Waals surface area contributed by atoms with Crippen molar-refractivity contribution in [3.05, 3.63) is 0 Å². The first-order chi connectivity index (χ1) is 9.03. The second-order valence-electron chi connectivity index (χ2n) is 6.32. The van der Waals surface area contributed by atoms with Crippen molar-refractivity contribution in [2.24, 2.45) is 0 Å². The Kier molecular flexibility index (Phi) is 3.99. The number of ether oxygens (including phenoxy) is 1. The van der Waals surface area contributed by atoms with E-state index in [1.54, 1.807) is 27.7 Å². The standard InChI is InChI=1S/C12H23NO5S2/c1-9(2)20(16,17)13-6-5-11(13)12(3,4)19(14,15)10-7-18-8-10/h9-11H,5-8H2,1-4H3. The summed E-state index contributed by atoms with van der Waals surface area (Å²) in [6.07, 6.45) is 0.589. The third kappa shape index (κ3) is 2.20. The molecule has 1 atom stereocenters. The lowest BCUT2D eigenvalue weighted by atomic mass is 9.94. The molecule has 0 amide bonds. The largest absolute Gasteiger partial charge is 0.379 e. The molecular weight excluding hydrogens is 302 g/mol. The van der Waals surface area contributed by atoms with Crippen LogP contribution in [0.4, 0.5) is 0 Å². The van der Waals surface area contributed by atoms with Gasteiger partial charge < -0.3 is 4.74 Å². The van der Waals surface area contributed by atoms with Crippen LogP contribution in [0.15, 0.2) is 0 Å². The highest BCUT2D eigenvalue weighted by Crippen LogP contribution is 2.39. The van der Waals surface area contributed by atoms with Crippen LogP contribution in [0.1, 0.15) is 34.1 Å². The smallest absolute Gasteiger partial charge is 0.216 e. The Balaban J connectivity index is 2.27. The fourth-order valence-corrected chi connectivity index (χ4v) is 6.37. The van der Waals surface area contributed by atoms with Crippen LogP contribution in [0.25, 0.3) is 0 Å². The summed E-state index contributed by atoms with van der Waals surface area (Å²) < 4.78 is 55.0. The zero-order valence-corrected chi connectivity index (χ0v) is 14.0. The predicted molar refractivity (Wildman–Crippen MR) is 76.8 cm³/mol. The molecule has 0 radical (unpaired) electrons. The molecule has 2 aliphatic rings. The van der Waals surface area contributed by atoms with Gasteiger partial charge in [0.15, 0.2) is 9.84 Å². The summed E-state index contributed by atoms with van der Waals surface area (Å²) in [6.45, 7) is 7.34. The van der Waals surface area contributed by atoms with E-state index in [9.17, 15) is 16.8 Å². The zero-order valence-electron chi connectivity index (χ0n) is 12.4. The van der Waals surface area contributed by atoms with Gasteiger partial charge in [-0.2, -0.15) is 4.31 Å². The van der Waals surface area contributed by atoms with Crippen molar-refractivity contribution in [3.8, 4) is 0 Å². The maximum Gasteiger partial charge on any atom is 0.216 e. The molecule has 0 bridgehead atoms. The monoisotopic (exact) mass is 325 g/mol. The Morgan fingerprint density at radius 3 is 2.00 bits per heavy atom. The van der Waals surface area contributed by atoms with Gasteiger partial charge in [-0.15, -0.1) is 0 Å². The molecule has 0 aromatic heterocycles. The fourth-order valence-electron chi connectivity index (χ4n) is 2.65. The van der Waals surface area contributed by atoms with E-state index in [0.717, 1.165) is 0 Å². The van der Waals surface area contributed by atoms with Crippen molar-refractivity contribution >= 4 is 19.9 Å². The molecule has 0 aromatic carbocycles. The Morgan fingerprint density at radius 2 is 1.70 bits per heavy atom. The maximum atomic E-state index is 12.6. The van der Waals surface area contributed by atoms with Gasteiger partial charge in [0.2, 0.25) is 10.0 Å². The normalized spacial score (nSPS) is 26.4. The highest BCUT2D eigenvalue weighted by Gasteiger charge is 2.55. The van der Waals surface area contributed by atoms with E-state index in [0.29, 0.717) is 13.0 Å². The molecule has 1 unspecified atom stereocenters. The van der Waals surface area contributed by atoms with E-state index in [1.165, 1.54) is 4.31 Å². The van der Waals surface area contributed by atoms with E-state index in [4.69, 9.17) is 4.74 Å². The van der Waals surface area contributed by atoms with Gasteiger partial charge in [0.25, 0.3) is 0 Å². The molecule has 20 heavy (non-hydrogen) atoms. The van der Waals surface area contributed by atoms with Gasteiger partial charge in [0, 0.05) is 12.6 Å². The van der Waals surface area contributed by atoms with Crippen molar-refractivity contribution in [1.29, 1.82) is 0 Å². The number of hydrogen-bond donors (Lipinski definition) is 0. The van der Waals surface area contributed by atoms with Crippen LogP contribution in [0.5, 0.6) is 0 Å². The zero-order chi connectivity index (χ0) is 15.3. The van der Waals surface area contributed by atoms with Crippen molar-refractivity contribution in [2.45, 2.75) is 55.4 Å². The summed E-state index contributed by atoms with van der Waals surface area (Å²) in [5.41, 5.74) is 0. The number of sulfonamides is 1. The average Bonchev–Trinajstić information content (AvgIpc) is 2.09. The molecule has 0 N–H and O–H groups in total. The number of sulfone groups is 1. The van der Waals surface area contributed by atoms with Gasteiger partial charge in [0.05, 0.1) is 23.2 Å². The summed E-state index contributed by atoms with van der Waals surface area (Å²) in [5.74, 6) is 0. The fraction of sp³-hybridized carbons (Fsp3) is 1.00. The minimum absolute atomic E-state index is 0.218. The number of hydrogen-bond acceptors (Lipinski definition) is 5. The summed E-state index contributed by atoms with van der Waals surface area (Å²) in [4.78, 5) is 0. The van der Waals surface area contributed by atoms with Crippen LogP contribution >= 0.6 is 0 Å². The van der Waals surface area contributed by atoms with Crippen molar-refractivity contribution in [3.63, 3.8) is 0 Å². The summed E-state index contributed by atoms with van der Waals surface area (Å²) in [7, 11) is -6.82. The number of rotatable bonds is 5. The Bertz CT molecular complexity index is 575. The first-order valence-electron chi connectivity index (χ1n) is 6.84. The van der Waals surface area contributed by atoms with Crippen molar-refractivity contribution in [1.82, 2.24) is 4.31 Å². The quantitative estimate of drug-likeness (QED) is 0.730. The second-order valence-corrected chi connectivity index (χ2v) is 11.6. The Morgan fingerprint density at radius 1 is 1.15 bits per heavy atom. The van der Waals surface area contributed by atoms with Gasteiger partial charge in [-0.05, 0) is 34.1 Å². The van der Waals surface area contributed by atoms with E-state index >= 15 is 0 Å². The van der Waals surface area contributed by atoms with Gasteiger partial charge >= 0.3 is 0 Å². The molecule has 2 fully saturated rings. The predicted octanol–water partition coefficient (Wildman–Crippen LogP) is 0.391. The summed E-state index contributed by atoms with van der Waals surface area (Å²) >= 11 is 0. The molecular formula is C12H23NO5S2. The minimum Gasteiger partial charge on any atom is -0.379 e. The van der Waals surface area contributed by atoms with E-state index in [2.05, 4.69) is 0 Å². The minimum atomic E-state index is -3.41. The third-order valence-corrected chi connectivity index (χ3v) is 9.65. The molecule has 2 aliphatic heterocycles. The summed E-state index contributed by atoms with van der Waals surface area (Å²) in [5, 5.41) is -1.03.